The van der Waals surface area contributed by atoms with Crippen LogP contribution in [0.5, 0.6) is 0 Å². The molecule has 1 atom stereocenters. The minimum Gasteiger partial charge on any atom is -0.466 e. The number of hydrogen-bond acceptors (Lipinski definition) is 5. The van der Waals surface area contributed by atoms with Crippen molar-refractivity contribution in [2.75, 3.05) is 6.61 Å². The van der Waals surface area contributed by atoms with Gasteiger partial charge in [0.2, 0.25) is 0 Å². The van der Waals surface area contributed by atoms with Gasteiger partial charge in [0.15, 0.2) is 0 Å². The summed E-state index contributed by atoms with van der Waals surface area (Å²) < 4.78 is 38.4. The Hall–Kier alpha value is -0.660. The first-order chi connectivity index (χ1) is 9.35. The lowest BCUT2D eigenvalue weighted by Gasteiger charge is -2.09. The predicted octanol–water partition coefficient (Wildman–Crippen LogP) is 2.88. The summed E-state index contributed by atoms with van der Waals surface area (Å²) in [6.45, 7) is 3.89. The largest absolute Gasteiger partial charge is 0.466 e. The van der Waals surface area contributed by atoms with E-state index in [0.29, 0.717) is 6.61 Å². The van der Waals surface area contributed by atoms with Crippen LogP contribution >= 0.6 is 0 Å². The molecule has 120 valence electrons. The first-order valence-electron chi connectivity index (χ1n) is 7.16. The molecule has 7 heteroatoms. The van der Waals surface area contributed by atoms with Crippen molar-refractivity contribution in [3.05, 3.63) is 0 Å². The third-order valence-corrected chi connectivity index (χ3v) is 3.32. The fraction of sp³-hybridized carbons (Fsp3) is 0.923. The van der Waals surface area contributed by atoms with Gasteiger partial charge in [0.05, 0.1) is 19.1 Å². The third-order valence-electron chi connectivity index (χ3n) is 2.75. The number of carbonyl (C=O) groups is 1. The van der Waals surface area contributed by atoms with Gasteiger partial charge in [-0.25, -0.2) is 4.18 Å². The summed E-state index contributed by atoms with van der Waals surface area (Å²) in [5.41, 5.74) is 0. The zero-order valence-electron chi connectivity index (χ0n) is 12.3. The first-order valence-corrected chi connectivity index (χ1v) is 8.53. The highest BCUT2D eigenvalue weighted by atomic mass is 32.3. The van der Waals surface area contributed by atoms with Gasteiger partial charge in [-0.1, -0.05) is 45.4 Å². The number of esters is 1. The van der Waals surface area contributed by atoms with Crippen molar-refractivity contribution in [2.45, 2.75) is 71.3 Å². The van der Waals surface area contributed by atoms with Crippen LogP contribution in [-0.4, -0.2) is 31.7 Å². The lowest BCUT2D eigenvalue weighted by Crippen LogP contribution is -2.20. The maximum atomic E-state index is 11.3. The van der Waals surface area contributed by atoms with Crippen LogP contribution in [0.4, 0.5) is 0 Å². The molecule has 1 N–H and O–H groups in total. The average molecular weight is 310 g/mol. The summed E-state index contributed by atoms with van der Waals surface area (Å²) in [5.74, 6) is -0.521. The molecule has 6 nitrogen and oxygen atoms in total. The van der Waals surface area contributed by atoms with Crippen LogP contribution in [0.1, 0.15) is 65.2 Å². The van der Waals surface area contributed by atoms with E-state index in [-0.39, 0.29) is 6.42 Å². The predicted molar refractivity (Wildman–Crippen MR) is 75.7 cm³/mol. The van der Waals surface area contributed by atoms with Gasteiger partial charge in [-0.2, -0.15) is 8.42 Å². The van der Waals surface area contributed by atoms with Gasteiger partial charge in [0.25, 0.3) is 0 Å². The first kappa shape index (κ1) is 19.3. The van der Waals surface area contributed by atoms with Crippen LogP contribution in [0.3, 0.4) is 0 Å². The Bertz CT molecular complexity index is 352. The van der Waals surface area contributed by atoms with E-state index in [4.69, 9.17) is 9.29 Å². The number of ether oxygens (including phenoxy) is 1. The van der Waals surface area contributed by atoms with Gasteiger partial charge in [-0.15, -0.1) is 0 Å². The van der Waals surface area contributed by atoms with Crippen LogP contribution in [0.25, 0.3) is 0 Å². The molecule has 0 heterocycles. The average Bonchev–Trinajstić information content (AvgIpc) is 2.30. The third kappa shape index (κ3) is 13.8. The molecule has 0 fully saturated rings. The second-order valence-corrected chi connectivity index (χ2v) is 5.93. The molecule has 0 aromatic heterocycles. The Morgan fingerprint density at radius 1 is 1.10 bits per heavy atom. The number of carbonyl (C=O) groups excluding carboxylic acids is 1. The molecular weight excluding hydrogens is 284 g/mol. The number of hydrogen-bond donors (Lipinski definition) is 1. The summed E-state index contributed by atoms with van der Waals surface area (Å²) in [5, 5.41) is 0. The van der Waals surface area contributed by atoms with Crippen molar-refractivity contribution in [3.8, 4) is 0 Å². The summed E-state index contributed by atoms with van der Waals surface area (Å²) in [6.07, 6.45) is 6.80. The molecule has 20 heavy (non-hydrogen) atoms. The highest BCUT2D eigenvalue weighted by Gasteiger charge is 2.16. The fourth-order valence-corrected chi connectivity index (χ4v) is 2.26. The molecule has 0 amide bonds. The Balaban J connectivity index is 3.50. The van der Waals surface area contributed by atoms with Gasteiger partial charge in [-0.3, -0.25) is 9.35 Å². The minimum atomic E-state index is -4.52. The molecule has 0 rings (SSSR count). The molecule has 0 aliphatic heterocycles. The van der Waals surface area contributed by atoms with Crippen LogP contribution in [0.2, 0.25) is 0 Å². The van der Waals surface area contributed by atoms with E-state index < -0.39 is 22.5 Å². The maximum Gasteiger partial charge on any atom is 0.397 e. The molecule has 0 aliphatic carbocycles. The molecule has 0 aromatic carbocycles. The Morgan fingerprint density at radius 2 is 1.65 bits per heavy atom. The summed E-state index contributed by atoms with van der Waals surface area (Å²) >= 11 is 0. The van der Waals surface area contributed by atoms with Crippen molar-refractivity contribution < 1.29 is 26.7 Å². The number of unbranched alkanes of at least 4 members (excludes halogenated alkanes) is 6. The second kappa shape index (κ2) is 11.0. The SMILES string of the molecule is CCCCCCCCCOC(=O)CC(C)OS(=O)(=O)O. The van der Waals surface area contributed by atoms with E-state index in [9.17, 15) is 13.2 Å². The van der Waals surface area contributed by atoms with Crippen LogP contribution in [0.15, 0.2) is 0 Å². The van der Waals surface area contributed by atoms with Crippen LogP contribution in [-0.2, 0) is 24.1 Å². The van der Waals surface area contributed by atoms with E-state index in [1.807, 2.05) is 0 Å². The highest BCUT2D eigenvalue weighted by Crippen LogP contribution is 2.08. The summed E-state index contributed by atoms with van der Waals surface area (Å²) in [4.78, 5) is 11.3. The Morgan fingerprint density at radius 3 is 2.20 bits per heavy atom. The van der Waals surface area contributed by atoms with E-state index in [1.54, 1.807) is 0 Å². The quantitative estimate of drug-likeness (QED) is 0.339. The Kier molecular flexibility index (Phi) is 10.7. The topological polar surface area (TPSA) is 89.9 Å². The van der Waals surface area contributed by atoms with Crippen molar-refractivity contribution in [1.29, 1.82) is 0 Å². The normalized spacial score (nSPS) is 13.2. The second-order valence-electron chi connectivity index (χ2n) is 4.88. The molecule has 0 saturated heterocycles. The summed E-state index contributed by atoms with van der Waals surface area (Å²) in [7, 11) is -4.52. The highest BCUT2D eigenvalue weighted by molar-refractivity contribution is 7.80. The van der Waals surface area contributed by atoms with Crippen molar-refractivity contribution in [3.63, 3.8) is 0 Å². The summed E-state index contributed by atoms with van der Waals surface area (Å²) in [6, 6.07) is 0. The lowest BCUT2D eigenvalue weighted by atomic mass is 10.1. The van der Waals surface area contributed by atoms with Gasteiger partial charge < -0.3 is 4.74 Å². The molecular formula is C13H26O6S. The van der Waals surface area contributed by atoms with Gasteiger partial charge in [0, 0.05) is 0 Å². The van der Waals surface area contributed by atoms with Crippen LogP contribution in [0, 0.1) is 0 Å². The smallest absolute Gasteiger partial charge is 0.397 e. The molecule has 0 spiro atoms. The van der Waals surface area contributed by atoms with E-state index >= 15 is 0 Å². The van der Waals surface area contributed by atoms with E-state index in [2.05, 4.69) is 11.1 Å². The monoisotopic (exact) mass is 310 g/mol. The Labute approximate surface area is 121 Å². The zero-order chi connectivity index (χ0) is 15.4. The fourth-order valence-electron chi connectivity index (χ4n) is 1.78. The van der Waals surface area contributed by atoms with Crippen molar-refractivity contribution in [1.82, 2.24) is 0 Å². The van der Waals surface area contributed by atoms with Crippen LogP contribution < -0.4 is 0 Å². The minimum absolute atomic E-state index is 0.198. The van der Waals surface area contributed by atoms with Crippen molar-refractivity contribution in [2.24, 2.45) is 0 Å². The lowest BCUT2D eigenvalue weighted by molar-refractivity contribution is -0.145. The molecule has 0 radical (unpaired) electrons. The molecule has 0 saturated carbocycles. The van der Waals surface area contributed by atoms with Crippen molar-refractivity contribution >= 4 is 16.4 Å². The van der Waals surface area contributed by atoms with Gasteiger partial charge in [-0.05, 0) is 13.3 Å². The van der Waals surface area contributed by atoms with Gasteiger partial charge in [0.1, 0.15) is 0 Å². The maximum absolute atomic E-state index is 11.3. The standard InChI is InChI=1S/C13H26O6S/c1-3-4-5-6-7-8-9-10-18-13(14)11-12(2)19-20(15,16)17/h12H,3-11H2,1-2H3,(H,15,16,17). The molecule has 1 unspecified atom stereocenters. The molecule has 0 aliphatic rings. The molecule has 0 aromatic rings. The van der Waals surface area contributed by atoms with Gasteiger partial charge >= 0.3 is 16.4 Å². The molecule has 0 bridgehead atoms. The zero-order valence-corrected chi connectivity index (χ0v) is 13.2. The number of rotatable bonds is 12. The van der Waals surface area contributed by atoms with E-state index in [0.717, 1.165) is 19.3 Å². The van der Waals surface area contributed by atoms with E-state index in [1.165, 1.54) is 32.6 Å².